The monoisotopic (exact) mass is 273 g/mol. The van der Waals surface area contributed by atoms with Gasteiger partial charge in [0.2, 0.25) is 10.0 Å². The largest absolute Gasteiger partial charge is 0.480 e. The third-order valence-electron chi connectivity index (χ3n) is 5.82. The molecule has 102 valence electrons. The molecule has 0 amide bonds. The Labute approximate surface area is 107 Å². The van der Waals surface area contributed by atoms with Crippen LogP contribution in [0.3, 0.4) is 0 Å². The number of nitrogens with zero attached hydrogens (tertiary/aromatic N) is 1. The Bertz CT molecular complexity index is 512. The fraction of sp³-hybridized carbons (Fsp3) is 0.917. The van der Waals surface area contributed by atoms with Crippen LogP contribution in [0.2, 0.25) is 0 Å². The van der Waals surface area contributed by atoms with Crippen LogP contribution in [-0.2, 0) is 14.8 Å². The lowest BCUT2D eigenvalue weighted by atomic mass is 9.69. The van der Waals surface area contributed by atoms with Crippen LogP contribution in [-0.4, -0.2) is 42.1 Å². The Kier molecular flexibility index (Phi) is 2.26. The fourth-order valence-electron chi connectivity index (χ4n) is 4.72. The number of rotatable bonds is 2. The molecule has 2 aliphatic carbocycles. The van der Waals surface area contributed by atoms with Crippen molar-refractivity contribution in [1.82, 2.24) is 4.31 Å². The minimum Gasteiger partial charge on any atom is -0.480 e. The van der Waals surface area contributed by atoms with Gasteiger partial charge in [-0.2, -0.15) is 4.31 Å². The van der Waals surface area contributed by atoms with Crippen LogP contribution in [0.5, 0.6) is 0 Å². The van der Waals surface area contributed by atoms with Gasteiger partial charge in [-0.15, -0.1) is 0 Å². The van der Waals surface area contributed by atoms with E-state index in [1.807, 2.05) is 0 Å². The molecular weight excluding hydrogens is 254 g/mol. The van der Waals surface area contributed by atoms with Gasteiger partial charge in [0, 0.05) is 11.5 Å². The molecule has 1 aliphatic heterocycles. The highest BCUT2D eigenvalue weighted by Crippen LogP contribution is 2.69. The van der Waals surface area contributed by atoms with Crippen LogP contribution >= 0.6 is 0 Å². The summed E-state index contributed by atoms with van der Waals surface area (Å²) < 4.78 is 25.7. The second kappa shape index (κ2) is 3.28. The molecule has 2 bridgehead atoms. The van der Waals surface area contributed by atoms with Crippen molar-refractivity contribution in [1.29, 1.82) is 0 Å². The summed E-state index contributed by atoms with van der Waals surface area (Å²) >= 11 is 0. The zero-order valence-corrected chi connectivity index (χ0v) is 11.5. The van der Waals surface area contributed by atoms with Crippen molar-refractivity contribution < 1.29 is 18.3 Å². The van der Waals surface area contributed by atoms with Crippen molar-refractivity contribution in [2.45, 2.75) is 39.2 Å². The maximum atomic E-state index is 12.2. The summed E-state index contributed by atoms with van der Waals surface area (Å²) in [4.78, 5) is 10.9. The van der Waals surface area contributed by atoms with Gasteiger partial charge in [0.15, 0.2) is 0 Å². The summed E-state index contributed by atoms with van der Waals surface area (Å²) in [6.07, 6.45) is 2.84. The molecule has 18 heavy (non-hydrogen) atoms. The number of carbonyl (C=O) groups is 1. The molecule has 2 saturated carbocycles. The van der Waals surface area contributed by atoms with Crippen molar-refractivity contribution in [3.8, 4) is 0 Å². The summed E-state index contributed by atoms with van der Waals surface area (Å²) in [5, 5.41) is 8.92. The number of hydrogen-bond donors (Lipinski definition) is 1. The third-order valence-corrected chi connectivity index (χ3v) is 7.80. The molecule has 0 aromatic heterocycles. The molecular formula is C12H19NO4S. The van der Waals surface area contributed by atoms with Gasteiger partial charge in [-0.3, -0.25) is 4.79 Å². The van der Waals surface area contributed by atoms with Gasteiger partial charge in [0.05, 0.1) is 5.75 Å². The number of fused-ring (bicyclic) bond motifs is 1. The van der Waals surface area contributed by atoms with Crippen molar-refractivity contribution in [3.05, 3.63) is 0 Å². The van der Waals surface area contributed by atoms with Crippen LogP contribution in [0.15, 0.2) is 0 Å². The lowest BCUT2D eigenvalue weighted by Crippen LogP contribution is -2.43. The topological polar surface area (TPSA) is 74.7 Å². The second-order valence-corrected chi connectivity index (χ2v) is 8.48. The molecule has 1 heterocycles. The van der Waals surface area contributed by atoms with Gasteiger partial charge in [0.1, 0.15) is 6.54 Å². The predicted molar refractivity (Wildman–Crippen MR) is 65.5 cm³/mol. The van der Waals surface area contributed by atoms with E-state index in [1.54, 1.807) is 0 Å². The van der Waals surface area contributed by atoms with Crippen LogP contribution in [0, 0.1) is 16.7 Å². The highest BCUT2D eigenvalue weighted by Gasteiger charge is 2.71. The van der Waals surface area contributed by atoms with E-state index in [2.05, 4.69) is 13.8 Å². The highest BCUT2D eigenvalue weighted by atomic mass is 32.2. The maximum absolute atomic E-state index is 12.2. The van der Waals surface area contributed by atoms with Gasteiger partial charge in [0.25, 0.3) is 0 Å². The van der Waals surface area contributed by atoms with Crippen molar-refractivity contribution in [2.75, 3.05) is 12.3 Å². The minimum atomic E-state index is -3.40. The quantitative estimate of drug-likeness (QED) is 0.811. The molecule has 1 N–H and O–H groups in total. The molecule has 3 fully saturated rings. The number of sulfonamides is 1. The molecule has 1 saturated heterocycles. The molecule has 0 unspecified atom stereocenters. The summed E-state index contributed by atoms with van der Waals surface area (Å²) in [6, 6.07) is -0.0904. The molecule has 3 rings (SSSR count). The van der Waals surface area contributed by atoms with E-state index >= 15 is 0 Å². The lowest BCUT2D eigenvalue weighted by Gasteiger charge is -2.37. The molecule has 5 nitrogen and oxygen atoms in total. The number of carboxylic acids is 1. The zero-order valence-electron chi connectivity index (χ0n) is 10.7. The van der Waals surface area contributed by atoms with Gasteiger partial charge < -0.3 is 5.11 Å². The SMILES string of the molecule is CC1(C)[C@@H]2CC[C@]13CS(=O)(=O)N(CC(=O)O)[C@@H]3C2. The summed E-state index contributed by atoms with van der Waals surface area (Å²) in [5.74, 6) is -0.382. The van der Waals surface area contributed by atoms with Crippen LogP contribution in [0.25, 0.3) is 0 Å². The number of aliphatic carboxylic acids is 1. The second-order valence-electron chi connectivity index (χ2n) is 6.56. The molecule has 1 spiro atoms. The first-order valence-electron chi connectivity index (χ1n) is 6.42. The fourth-order valence-corrected chi connectivity index (χ4v) is 7.22. The van der Waals surface area contributed by atoms with E-state index in [4.69, 9.17) is 5.11 Å². The van der Waals surface area contributed by atoms with Gasteiger partial charge in [-0.05, 0) is 30.6 Å². The summed E-state index contributed by atoms with van der Waals surface area (Å²) in [6.45, 7) is 3.94. The third kappa shape index (κ3) is 1.25. The molecule has 3 atom stereocenters. The molecule has 0 aromatic rings. The predicted octanol–water partition coefficient (Wildman–Crippen LogP) is 0.911. The van der Waals surface area contributed by atoms with E-state index < -0.39 is 16.0 Å². The Morgan fingerprint density at radius 2 is 2.11 bits per heavy atom. The zero-order chi connectivity index (χ0) is 13.3. The maximum Gasteiger partial charge on any atom is 0.318 e. The summed E-state index contributed by atoms with van der Waals surface area (Å²) in [7, 11) is -3.40. The normalized spacial score (nSPS) is 44.1. The Morgan fingerprint density at radius 3 is 2.67 bits per heavy atom. The van der Waals surface area contributed by atoms with Gasteiger partial charge in [-0.1, -0.05) is 13.8 Å². The standard InChI is InChI=1S/C12H19NO4S/c1-11(2)8-3-4-12(11)7-18(16,17)13(6-10(14)15)9(12)5-8/h8-9H,3-7H2,1-2H3,(H,14,15)/t8-,9-,12-/m1/s1. The Hall–Kier alpha value is -0.620. The minimum absolute atomic E-state index is 0.0119. The van der Waals surface area contributed by atoms with Crippen LogP contribution in [0.1, 0.15) is 33.1 Å². The van der Waals surface area contributed by atoms with Crippen molar-refractivity contribution in [3.63, 3.8) is 0 Å². The molecule has 3 aliphatic rings. The number of hydrogen-bond acceptors (Lipinski definition) is 3. The first kappa shape index (κ1) is 12.4. The highest BCUT2D eigenvalue weighted by molar-refractivity contribution is 7.89. The Balaban J connectivity index is 2.05. The van der Waals surface area contributed by atoms with Gasteiger partial charge >= 0.3 is 5.97 Å². The van der Waals surface area contributed by atoms with E-state index in [1.165, 1.54) is 4.31 Å². The van der Waals surface area contributed by atoms with E-state index in [0.717, 1.165) is 19.3 Å². The van der Waals surface area contributed by atoms with Crippen LogP contribution in [0.4, 0.5) is 0 Å². The van der Waals surface area contributed by atoms with Crippen molar-refractivity contribution in [2.24, 2.45) is 16.7 Å². The first-order chi connectivity index (χ1) is 8.21. The van der Waals surface area contributed by atoms with E-state index in [9.17, 15) is 13.2 Å². The average molecular weight is 273 g/mol. The van der Waals surface area contributed by atoms with Crippen LogP contribution < -0.4 is 0 Å². The van der Waals surface area contributed by atoms with E-state index in [-0.39, 0.29) is 29.2 Å². The number of carboxylic acid groups (broad SMARTS) is 1. The van der Waals surface area contributed by atoms with Gasteiger partial charge in [-0.25, -0.2) is 8.42 Å². The van der Waals surface area contributed by atoms with Crippen molar-refractivity contribution >= 4 is 16.0 Å². The lowest BCUT2D eigenvalue weighted by molar-refractivity contribution is -0.137. The van der Waals surface area contributed by atoms with E-state index in [0.29, 0.717) is 5.92 Å². The first-order valence-corrected chi connectivity index (χ1v) is 8.03. The molecule has 6 heteroatoms. The summed E-state index contributed by atoms with van der Waals surface area (Å²) in [5.41, 5.74) is -0.204. The Morgan fingerprint density at radius 1 is 1.44 bits per heavy atom. The smallest absolute Gasteiger partial charge is 0.318 e. The molecule has 0 radical (unpaired) electrons. The average Bonchev–Trinajstić information content (AvgIpc) is 2.67. The molecule has 0 aromatic carbocycles.